The summed E-state index contributed by atoms with van der Waals surface area (Å²) in [6.07, 6.45) is -5.23. The van der Waals surface area contributed by atoms with Gasteiger partial charge in [0.15, 0.2) is 0 Å². The van der Waals surface area contributed by atoms with E-state index in [4.69, 9.17) is 0 Å². The Balaban J connectivity index is 1.95. The van der Waals surface area contributed by atoms with E-state index < -0.39 is 40.3 Å². The van der Waals surface area contributed by atoms with Crippen LogP contribution < -0.4 is 21.9 Å². The predicted octanol–water partition coefficient (Wildman–Crippen LogP) is 1.57. The van der Waals surface area contributed by atoms with E-state index in [1.165, 1.54) is 6.92 Å². The number of aromatic amines is 1. The van der Waals surface area contributed by atoms with E-state index in [1.54, 1.807) is 30.3 Å². The first-order valence-electron chi connectivity index (χ1n) is 8.51. The van der Waals surface area contributed by atoms with Gasteiger partial charge in [-0.25, -0.2) is 4.79 Å². The quantitative estimate of drug-likeness (QED) is 0.569. The molecule has 0 saturated carbocycles. The molecule has 0 fully saturated rings. The van der Waals surface area contributed by atoms with Crippen LogP contribution in [0.25, 0.3) is 0 Å². The number of alkyl halides is 3. The molecule has 156 valence electrons. The number of benzene rings is 1. The van der Waals surface area contributed by atoms with Gasteiger partial charge in [-0.05, 0) is 12.5 Å². The van der Waals surface area contributed by atoms with Crippen LogP contribution in [-0.2, 0) is 16.9 Å². The van der Waals surface area contributed by atoms with E-state index in [9.17, 15) is 27.6 Å². The second kappa shape index (κ2) is 6.79. The lowest BCUT2D eigenvalue weighted by Gasteiger charge is -2.29. The van der Waals surface area contributed by atoms with Gasteiger partial charge in [-0.1, -0.05) is 41.7 Å². The number of nitrogens with one attached hydrogen (secondary N) is 3. The number of rotatable bonds is 4. The van der Waals surface area contributed by atoms with Crippen molar-refractivity contribution in [2.75, 3.05) is 10.6 Å². The number of H-pyrrole nitrogens is 1. The van der Waals surface area contributed by atoms with Gasteiger partial charge in [-0.3, -0.25) is 19.1 Å². The summed E-state index contributed by atoms with van der Waals surface area (Å²) >= 11 is 0.788. The van der Waals surface area contributed by atoms with E-state index in [0.29, 0.717) is 10.6 Å². The Kier molecular flexibility index (Phi) is 4.49. The number of hydrogen-bond acceptors (Lipinski definition) is 7. The first-order chi connectivity index (χ1) is 14.1. The van der Waals surface area contributed by atoms with Crippen LogP contribution in [0.1, 0.15) is 16.1 Å². The van der Waals surface area contributed by atoms with Crippen molar-refractivity contribution in [2.24, 2.45) is 0 Å². The highest BCUT2D eigenvalue weighted by Gasteiger charge is 2.68. The summed E-state index contributed by atoms with van der Waals surface area (Å²) in [5.74, 6) is -2.07. The molecule has 0 spiro atoms. The Labute approximate surface area is 169 Å². The zero-order valence-corrected chi connectivity index (χ0v) is 16.0. The molecule has 3 N–H and O–H groups in total. The lowest BCUT2D eigenvalue weighted by molar-refractivity contribution is -0.184. The minimum atomic E-state index is -5.23. The molecule has 0 bridgehead atoms. The fourth-order valence-corrected chi connectivity index (χ4v) is 3.90. The van der Waals surface area contributed by atoms with Gasteiger partial charge in [0.2, 0.25) is 10.7 Å². The zero-order valence-electron chi connectivity index (χ0n) is 15.2. The second-order valence-electron chi connectivity index (χ2n) is 6.51. The maximum Gasteiger partial charge on any atom is 0.425 e. The monoisotopic (exact) mass is 438 g/mol. The third kappa shape index (κ3) is 2.98. The SMILES string of the molecule is Cc1nnc(NC2(C(F)(F)F)C(=O)Nc3c2c(=O)[nH]c(=O)n3Cc2ccccc2)s1. The molecule has 13 heteroatoms. The molecule has 1 atom stereocenters. The van der Waals surface area contributed by atoms with E-state index in [-0.39, 0.29) is 11.7 Å². The van der Waals surface area contributed by atoms with Gasteiger partial charge in [-0.15, -0.1) is 10.2 Å². The second-order valence-corrected chi connectivity index (χ2v) is 7.69. The average molecular weight is 438 g/mol. The molecular weight excluding hydrogens is 425 g/mol. The molecule has 30 heavy (non-hydrogen) atoms. The van der Waals surface area contributed by atoms with Crippen LogP contribution >= 0.6 is 11.3 Å². The van der Waals surface area contributed by atoms with E-state index in [0.717, 1.165) is 15.9 Å². The molecule has 1 aliphatic rings. The predicted molar refractivity (Wildman–Crippen MR) is 101 cm³/mol. The molecule has 3 aromatic rings. The highest BCUT2D eigenvalue weighted by atomic mass is 32.1. The summed E-state index contributed by atoms with van der Waals surface area (Å²) in [5, 5.41) is 11.4. The van der Waals surface area contributed by atoms with Crippen molar-refractivity contribution in [1.82, 2.24) is 19.7 Å². The maximum absolute atomic E-state index is 14.3. The number of hydrogen-bond donors (Lipinski definition) is 3. The molecule has 1 aromatic carbocycles. The summed E-state index contributed by atoms with van der Waals surface area (Å²) in [7, 11) is 0. The number of carbonyl (C=O) groups is 1. The zero-order chi connectivity index (χ0) is 21.7. The van der Waals surface area contributed by atoms with Crippen molar-refractivity contribution in [1.29, 1.82) is 0 Å². The van der Waals surface area contributed by atoms with E-state index in [2.05, 4.69) is 15.5 Å². The smallest absolute Gasteiger partial charge is 0.334 e. The maximum atomic E-state index is 14.3. The molecule has 1 amide bonds. The van der Waals surface area contributed by atoms with Gasteiger partial charge < -0.3 is 10.6 Å². The summed E-state index contributed by atoms with van der Waals surface area (Å²) in [4.78, 5) is 39.4. The Morgan fingerprint density at radius 2 is 1.87 bits per heavy atom. The summed E-state index contributed by atoms with van der Waals surface area (Å²) in [6, 6.07) is 8.41. The molecular formula is C17H13F3N6O3S. The fraction of sp³-hybridized carbons (Fsp3) is 0.235. The Morgan fingerprint density at radius 1 is 1.17 bits per heavy atom. The van der Waals surface area contributed by atoms with Crippen molar-refractivity contribution in [3.05, 3.63) is 67.3 Å². The minimum Gasteiger partial charge on any atom is -0.334 e. The third-order valence-corrected chi connectivity index (χ3v) is 5.33. The number of anilines is 2. The van der Waals surface area contributed by atoms with Crippen LogP contribution in [0.3, 0.4) is 0 Å². The number of aryl methyl sites for hydroxylation is 1. The number of amides is 1. The Bertz CT molecular complexity index is 1250. The van der Waals surface area contributed by atoms with Crippen LogP contribution in [-0.4, -0.2) is 31.8 Å². The number of halogens is 3. The van der Waals surface area contributed by atoms with Crippen molar-refractivity contribution < 1.29 is 18.0 Å². The van der Waals surface area contributed by atoms with Gasteiger partial charge in [0.05, 0.1) is 6.54 Å². The topological polar surface area (TPSA) is 122 Å². The van der Waals surface area contributed by atoms with Crippen molar-refractivity contribution in [3.63, 3.8) is 0 Å². The van der Waals surface area contributed by atoms with Crippen LogP contribution in [0.15, 0.2) is 39.9 Å². The highest BCUT2D eigenvalue weighted by Crippen LogP contribution is 2.47. The molecule has 9 nitrogen and oxygen atoms in total. The summed E-state index contributed by atoms with van der Waals surface area (Å²) < 4.78 is 43.7. The Hall–Kier alpha value is -3.48. The van der Waals surface area contributed by atoms with E-state index >= 15 is 0 Å². The van der Waals surface area contributed by atoms with Gasteiger partial charge >= 0.3 is 11.9 Å². The van der Waals surface area contributed by atoms with Crippen molar-refractivity contribution in [3.8, 4) is 0 Å². The van der Waals surface area contributed by atoms with Crippen LogP contribution in [0.2, 0.25) is 0 Å². The normalized spacial score (nSPS) is 18.2. The average Bonchev–Trinajstić information content (AvgIpc) is 3.21. The van der Waals surface area contributed by atoms with E-state index in [1.807, 2.05) is 10.3 Å². The van der Waals surface area contributed by atoms with Gasteiger partial charge in [0, 0.05) is 0 Å². The first-order valence-corrected chi connectivity index (χ1v) is 9.33. The van der Waals surface area contributed by atoms with Crippen molar-refractivity contribution in [2.45, 2.75) is 25.2 Å². The molecule has 2 aromatic heterocycles. The van der Waals surface area contributed by atoms with Crippen LogP contribution in [0.4, 0.5) is 24.1 Å². The molecule has 1 unspecified atom stereocenters. The number of fused-ring (bicyclic) bond motifs is 1. The molecule has 3 heterocycles. The molecule has 4 rings (SSSR count). The van der Waals surface area contributed by atoms with Gasteiger partial charge in [0.1, 0.15) is 16.4 Å². The highest BCUT2D eigenvalue weighted by molar-refractivity contribution is 7.15. The lowest BCUT2D eigenvalue weighted by Crippen LogP contribution is -2.56. The summed E-state index contributed by atoms with van der Waals surface area (Å²) in [5.41, 5.74) is -6.09. The molecule has 0 saturated heterocycles. The third-order valence-electron chi connectivity index (χ3n) is 4.58. The largest absolute Gasteiger partial charge is 0.425 e. The van der Waals surface area contributed by atoms with Crippen LogP contribution in [0.5, 0.6) is 0 Å². The number of carbonyl (C=O) groups excluding carboxylic acids is 1. The molecule has 0 radical (unpaired) electrons. The van der Waals surface area contributed by atoms with Gasteiger partial charge in [0.25, 0.3) is 11.5 Å². The minimum absolute atomic E-state index is 0.162. The van der Waals surface area contributed by atoms with Crippen LogP contribution in [0, 0.1) is 6.92 Å². The fourth-order valence-electron chi connectivity index (χ4n) is 3.25. The number of aromatic nitrogens is 4. The Morgan fingerprint density at radius 3 is 2.47 bits per heavy atom. The number of nitrogens with zero attached hydrogens (tertiary/aromatic N) is 3. The summed E-state index contributed by atoms with van der Waals surface area (Å²) in [6.45, 7) is 1.36. The molecule has 1 aliphatic heterocycles. The van der Waals surface area contributed by atoms with Crippen molar-refractivity contribution >= 4 is 28.2 Å². The lowest BCUT2D eigenvalue weighted by atomic mass is 9.92. The molecule has 0 aliphatic carbocycles. The van der Waals surface area contributed by atoms with Gasteiger partial charge in [-0.2, -0.15) is 13.2 Å². The standard InChI is InChI=1S/C17H13F3N6O3S/c1-8-24-25-14(30-8)23-16(17(18,19)20)10-11(21-13(16)28)26(15(29)22-12(10)27)7-9-5-3-2-4-6-9/h2-6H,7H2,1H3,(H,21,28)(H,23,25)(H,22,27,29). The first kappa shape index (κ1) is 19.8.